The van der Waals surface area contributed by atoms with E-state index >= 15 is 0 Å². The normalized spacial score (nSPS) is 21.3. The molecule has 2 atom stereocenters. The Bertz CT molecular complexity index is 342. The monoisotopic (exact) mass is 250 g/mol. The standard InChI is InChI=1S/C15H26N2O/c1-3-9-16-13(2)15-7-4-10-17(15)11-8-14-6-5-12-18-14/h4,7,10,13-14,16H,3,5-6,8-9,11-12H2,1-2H3. The van der Waals surface area contributed by atoms with E-state index in [0.717, 1.165) is 26.1 Å². The topological polar surface area (TPSA) is 26.2 Å². The van der Waals surface area contributed by atoms with Gasteiger partial charge in [0.2, 0.25) is 0 Å². The van der Waals surface area contributed by atoms with Crippen LogP contribution in [0.15, 0.2) is 18.3 Å². The van der Waals surface area contributed by atoms with Crippen molar-refractivity contribution < 1.29 is 4.74 Å². The van der Waals surface area contributed by atoms with Crippen molar-refractivity contribution in [1.82, 2.24) is 9.88 Å². The summed E-state index contributed by atoms with van der Waals surface area (Å²) in [5, 5.41) is 3.55. The molecule has 1 saturated heterocycles. The Balaban J connectivity index is 1.86. The Hall–Kier alpha value is -0.800. The highest BCUT2D eigenvalue weighted by molar-refractivity contribution is 5.11. The molecule has 1 fully saturated rings. The number of hydrogen-bond donors (Lipinski definition) is 1. The highest BCUT2D eigenvalue weighted by atomic mass is 16.5. The first-order chi connectivity index (χ1) is 8.81. The molecule has 0 aromatic carbocycles. The number of aromatic nitrogens is 1. The van der Waals surface area contributed by atoms with E-state index < -0.39 is 0 Å². The minimum atomic E-state index is 0.435. The lowest BCUT2D eigenvalue weighted by atomic mass is 10.1. The Morgan fingerprint density at radius 2 is 2.44 bits per heavy atom. The van der Waals surface area contributed by atoms with Gasteiger partial charge < -0.3 is 14.6 Å². The van der Waals surface area contributed by atoms with Gasteiger partial charge in [0, 0.05) is 31.1 Å². The van der Waals surface area contributed by atoms with Gasteiger partial charge in [-0.25, -0.2) is 0 Å². The molecule has 2 unspecified atom stereocenters. The van der Waals surface area contributed by atoms with Gasteiger partial charge in [-0.05, 0) is 51.3 Å². The van der Waals surface area contributed by atoms with Crippen LogP contribution in [0.3, 0.4) is 0 Å². The average Bonchev–Trinajstić information content (AvgIpc) is 3.03. The second kappa shape index (κ2) is 6.95. The minimum absolute atomic E-state index is 0.435. The molecule has 1 aliphatic heterocycles. The van der Waals surface area contributed by atoms with Gasteiger partial charge in [-0.3, -0.25) is 0 Å². The summed E-state index contributed by atoms with van der Waals surface area (Å²) >= 11 is 0. The summed E-state index contributed by atoms with van der Waals surface area (Å²) in [6.07, 6.45) is 7.47. The fourth-order valence-electron chi connectivity index (χ4n) is 2.64. The quantitative estimate of drug-likeness (QED) is 0.804. The minimum Gasteiger partial charge on any atom is -0.378 e. The molecule has 102 valence electrons. The molecule has 0 bridgehead atoms. The van der Waals surface area contributed by atoms with Crippen LogP contribution in [0, 0.1) is 0 Å². The Labute approximate surface area is 111 Å². The largest absolute Gasteiger partial charge is 0.378 e. The summed E-state index contributed by atoms with van der Waals surface area (Å²) in [7, 11) is 0. The predicted octanol–water partition coefficient (Wildman–Crippen LogP) is 3.12. The molecular formula is C15H26N2O. The first kappa shape index (κ1) is 13.6. The van der Waals surface area contributed by atoms with Crippen molar-refractivity contribution in [2.45, 2.75) is 58.2 Å². The maximum Gasteiger partial charge on any atom is 0.0593 e. The van der Waals surface area contributed by atoms with Crippen LogP contribution in [0.5, 0.6) is 0 Å². The van der Waals surface area contributed by atoms with E-state index in [9.17, 15) is 0 Å². The van der Waals surface area contributed by atoms with Gasteiger partial charge in [0.05, 0.1) is 6.10 Å². The summed E-state index contributed by atoms with van der Waals surface area (Å²) in [5.74, 6) is 0. The molecule has 1 aliphatic rings. The van der Waals surface area contributed by atoms with Crippen LogP contribution in [0.2, 0.25) is 0 Å². The number of nitrogens with one attached hydrogen (secondary N) is 1. The van der Waals surface area contributed by atoms with Crippen molar-refractivity contribution in [2.24, 2.45) is 0 Å². The summed E-state index contributed by atoms with van der Waals surface area (Å²) in [5.41, 5.74) is 1.39. The van der Waals surface area contributed by atoms with E-state index in [2.05, 4.69) is 42.1 Å². The lowest BCUT2D eigenvalue weighted by molar-refractivity contribution is 0.100. The first-order valence-corrected chi connectivity index (χ1v) is 7.31. The van der Waals surface area contributed by atoms with Crippen LogP contribution < -0.4 is 5.32 Å². The zero-order valence-corrected chi connectivity index (χ0v) is 11.7. The molecule has 2 heterocycles. The van der Waals surface area contributed by atoms with Crippen molar-refractivity contribution in [2.75, 3.05) is 13.2 Å². The molecule has 2 rings (SSSR count). The molecule has 18 heavy (non-hydrogen) atoms. The SMILES string of the molecule is CCCNC(C)c1cccn1CCC1CCCO1. The zero-order chi connectivity index (χ0) is 12.8. The number of nitrogens with zero attached hydrogens (tertiary/aromatic N) is 1. The molecule has 0 radical (unpaired) electrons. The summed E-state index contributed by atoms with van der Waals surface area (Å²) in [4.78, 5) is 0. The van der Waals surface area contributed by atoms with Crippen LogP contribution in [0.1, 0.15) is 51.3 Å². The highest BCUT2D eigenvalue weighted by Gasteiger charge is 2.16. The Morgan fingerprint density at radius 3 is 3.17 bits per heavy atom. The van der Waals surface area contributed by atoms with Gasteiger partial charge in [-0.1, -0.05) is 6.92 Å². The second-order valence-corrected chi connectivity index (χ2v) is 5.23. The van der Waals surface area contributed by atoms with Crippen molar-refractivity contribution in [3.05, 3.63) is 24.0 Å². The van der Waals surface area contributed by atoms with Crippen molar-refractivity contribution in [1.29, 1.82) is 0 Å². The number of hydrogen-bond acceptors (Lipinski definition) is 2. The van der Waals surface area contributed by atoms with Gasteiger partial charge in [-0.2, -0.15) is 0 Å². The van der Waals surface area contributed by atoms with Gasteiger partial charge in [0.25, 0.3) is 0 Å². The molecule has 0 aliphatic carbocycles. The van der Waals surface area contributed by atoms with E-state index in [4.69, 9.17) is 4.74 Å². The third-order valence-electron chi connectivity index (χ3n) is 3.72. The van der Waals surface area contributed by atoms with E-state index in [1.165, 1.54) is 25.0 Å². The number of rotatable bonds is 7. The lowest BCUT2D eigenvalue weighted by Crippen LogP contribution is -2.22. The van der Waals surface area contributed by atoms with Gasteiger partial charge in [0.1, 0.15) is 0 Å². The zero-order valence-electron chi connectivity index (χ0n) is 11.7. The van der Waals surface area contributed by atoms with Crippen molar-refractivity contribution in [3.63, 3.8) is 0 Å². The third-order valence-corrected chi connectivity index (χ3v) is 3.72. The van der Waals surface area contributed by atoms with Crippen LogP contribution in [0.4, 0.5) is 0 Å². The number of aryl methyl sites for hydroxylation is 1. The molecule has 3 nitrogen and oxygen atoms in total. The molecule has 0 saturated carbocycles. The van der Waals surface area contributed by atoms with Crippen molar-refractivity contribution >= 4 is 0 Å². The van der Waals surface area contributed by atoms with Gasteiger partial charge in [0.15, 0.2) is 0 Å². The molecule has 3 heteroatoms. The van der Waals surface area contributed by atoms with Crippen LogP contribution in [-0.2, 0) is 11.3 Å². The summed E-state index contributed by atoms with van der Waals surface area (Å²) in [6.45, 7) is 7.56. The second-order valence-electron chi connectivity index (χ2n) is 5.23. The fourth-order valence-corrected chi connectivity index (χ4v) is 2.64. The maximum atomic E-state index is 5.69. The predicted molar refractivity (Wildman–Crippen MR) is 74.7 cm³/mol. The lowest BCUT2D eigenvalue weighted by Gasteiger charge is -2.18. The molecule has 0 spiro atoms. The molecule has 0 amide bonds. The van der Waals surface area contributed by atoms with E-state index in [1.54, 1.807) is 0 Å². The smallest absolute Gasteiger partial charge is 0.0593 e. The number of ether oxygens (including phenoxy) is 1. The first-order valence-electron chi connectivity index (χ1n) is 7.31. The molecular weight excluding hydrogens is 224 g/mol. The Morgan fingerprint density at radius 1 is 1.56 bits per heavy atom. The average molecular weight is 250 g/mol. The van der Waals surface area contributed by atoms with E-state index in [-0.39, 0.29) is 0 Å². The fraction of sp³-hybridized carbons (Fsp3) is 0.733. The maximum absolute atomic E-state index is 5.69. The van der Waals surface area contributed by atoms with Crippen LogP contribution >= 0.6 is 0 Å². The molecule has 1 aromatic heterocycles. The third kappa shape index (κ3) is 3.59. The van der Waals surface area contributed by atoms with Gasteiger partial charge >= 0.3 is 0 Å². The van der Waals surface area contributed by atoms with Crippen LogP contribution in [0.25, 0.3) is 0 Å². The van der Waals surface area contributed by atoms with E-state index in [1.807, 2.05) is 0 Å². The van der Waals surface area contributed by atoms with Crippen LogP contribution in [-0.4, -0.2) is 23.8 Å². The van der Waals surface area contributed by atoms with Crippen molar-refractivity contribution in [3.8, 4) is 0 Å². The van der Waals surface area contributed by atoms with E-state index in [0.29, 0.717) is 12.1 Å². The Kier molecular flexibility index (Phi) is 5.26. The highest BCUT2D eigenvalue weighted by Crippen LogP contribution is 2.19. The summed E-state index contributed by atoms with van der Waals surface area (Å²) in [6, 6.07) is 4.81. The molecule has 1 N–H and O–H groups in total. The summed E-state index contributed by atoms with van der Waals surface area (Å²) < 4.78 is 8.06. The van der Waals surface area contributed by atoms with Gasteiger partial charge in [-0.15, -0.1) is 0 Å². The molecule has 1 aromatic rings.